The molecule has 0 aliphatic heterocycles. The van der Waals surface area contributed by atoms with Gasteiger partial charge in [0.05, 0.1) is 0 Å². The molecule has 0 aromatic heterocycles. The van der Waals surface area contributed by atoms with E-state index in [2.05, 4.69) is 19.2 Å². The summed E-state index contributed by atoms with van der Waals surface area (Å²) in [5.41, 5.74) is 7.14. The number of hydrogen-bond acceptors (Lipinski definition) is 2. The lowest BCUT2D eigenvalue weighted by molar-refractivity contribution is 0.900. The van der Waals surface area contributed by atoms with Gasteiger partial charge in [0.15, 0.2) is 0 Å². The molecule has 0 bridgehead atoms. The quantitative estimate of drug-likeness (QED) is 0.487. The van der Waals surface area contributed by atoms with Crippen LogP contribution in [-0.4, -0.2) is 11.9 Å². The molecule has 4 N–H and O–H groups in total. The van der Waals surface area contributed by atoms with Crippen LogP contribution in [0.3, 0.4) is 0 Å². The second-order valence-electron chi connectivity index (χ2n) is 3.29. The second-order valence-corrected chi connectivity index (χ2v) is 3.29. The van der Waals surface area contributed by atoms with E-state index in [-0.39, 0.29) is 5.84 Å². The number of benzene rings is 1. The smallest absolute Gasteiger partial charge is 0.122 e. The highest BCUT2D eigenvalue weighted by Gasteiger charge is 1.97. The van der Waals surface area contributed by atoms with Crippen LogP contribution in [0.1, 0.15) is 19.4 Å². The number of nitrogen functional groups attached to an aromatic ring is 1. The summed E-state index contributed by atoms with van der Waals surface area (Å²) in [7, 11) is 0. The normalized spacial score (nSPS) is 10.1. The highest BCUT2D eigenvalue weighted by Crippen LogP contribution is 2.09. The Morgan fingerprint density at radius 1 is 1.31 bits per heavy atom. The van der Waals surface area contributed by atoms with Gasteiger partial charge in [-0.05, 0) is 38.1 Å². The van der Waals surface area contributed by atoms with E-state index >= 15 is 0 Å². The summed E-state index contributed by atoms with van der Waals surface area (Å²) in [5, 5.41) is 10.5. The molecule has 0 heterocycles. The lowest BCUT2D eigenvalue weighted by Crippen LogP contribution is -2.12. The molecule has 3 nitrogen and oxygen atoms in total. The first-order chi connectivity index (χ1) is 6.09. The molecule has 1 aromatic rings. The van der Waals surface area contributed by atoms with E-state index < -0.39 is 0 Å². The van der Waals surface area contributed by atoms with Crippen LogP contribution in [-0.2, 0) is 0 Å². The minimum atomic E-state index is 0.107. The zero-order chi connectivity index (χ0) is 9.84. The Hall–Kier alpha value is -1.51. The number of hydrogen-bond donors (Lipinski definition) is 3. The largest absolute Gasteiger partial charge is 0.384 e. The zero-order valence-corrected chi connectivity index (χ0v) is 7.96. The molecule has 0 aliphatic rings. The minimum absolute atomic E-state index is 0.107. The molecule has 13 heavy (non-hydrogen) atoms. The molecule has 0 saturated heterocycles. The van der Waals surface area contributed by atoms with Gasteiger partial charge in [-0.1, -0.05) is 0 Å². The van der Waals surface area contributed by atoms with Gasteiger partial charge in [0.2, 0.25) is 0 Å². The molecular formula is C10H15N3. The monoisotopic (exact) mass is 177 g/mol. The predicted molar refractivity (Wildman–Crippen MR) is 56.2 cm³/mol. The SMILES string of the molecule is CC(C)Nc1ccc(C(=N)N)cc1. The number of anilines is 1. The van der Waals surface area contributed by atoms with Gasteiger partial charge in [-0.2, -0.15) is 0 Å². The van der Waals surface area contributed by atoms with Crippen molar-refractivity contribution in [3.63, 3.8) is 0 Å². The molecule has 0 radical (unpaired) electrons. The van der Waals surface area contributed by atoms with E-state index in [1.807, 2.05) is 24.3 Å². The van der Waals surface area contributed by atoms with Crippen molar-refractivity contribution in [2.75, 3.05) is 5.32 Å². The minimum Gasteiger partial charge on any atom is -0.384 e. The number of amidine groups is 1. The van der Waals surface area contributed by atoms with Crippen molar-refractivity contribution in [3.05, 3.63) is 29.8 Å². The van der Waals surface area contributed by atoms with Crippen LogP contribution in [0.5, 0.6) is 0 Å². The third-order valence-corrected chi connectivity index (χ3v) is 1.65. The maximum Gasteiger partial charge on any atom is 0.122 e. The topological polar surface area (TPSA) is 61.9 Å². The fourth-order valence-electron chi connectivity index (χ4n) is 1.08. The standard InChI is InChI=1S/C10H15N3/c1-7(2)13-9-5-3-8(4-6-9)10(11)12/h3-7,13H,1-2H3,(H3,11,12). The van der Waals surface area contributed by atoms with E-state index in [1.165, 1.54) is 0 Å². The van der Waals surface area contributed by atoms with E-state index in [0.29, 0.717) is 6.04 Å². The summed E-state index contributed by atoms with van der Waals surface area (Å²) in [5.74, 6) is 0.107. The fourth-order valence-corrected chi connectivity index (χ4v) is 1.08. The van der Waals surface area contributed by atoms with Gasteiger partial charge in [0.1, 0.15) is 5.84 Å². The van der Waals surface area contributed by atoms with E-state index in [4.69, 9.17) is 11.1 Å². The Labute approximate surface area is 78.5 Å². The van der Waals surface area contributed by atoms with Crippen LogP contribution in [0.25, 0.3) is 0 Å². The molecular weight excluding hydrogens is 162 g/mol. The summed E-state index contributed by atoms with van der Waals surface area (Å²) in [6.07, 6.45) is 0. The lowest BCUT2D eigenvalue weighted by atomic mass is 10.2. The molecule has 0 saturated carbocycles. The van der Waals surface area contributed by atoms with E-state index in [0.717, 1.165) is 11.3 Å². The Morgan fingerprint density at radius 2 is 1.85 bits per heavy atom. The molecule has 0 fully saturated rings. The van der Waals surface area contributed by atoms with Crippen molar-refractivity contribution < 1.29 is 0 Å². The first kappa shape index (κ1) is 9.58. The van der Waals surface area contributed by atoms with Crippen molar-refractivity contribution >= 4 is 11.5 Å². The van der Waals surface area contributed by atoms with Crippen LogP contribution in [0.4, 0.5) is 5.69 Å². The van der Waals surface area contributed by atoms with Crippen LogP contribution < -0.4 is 11.1 Å². The number of rotatable bonds is 3. The van der Waals surface area contributed by atoms with E-state index in [1.54, 1.807) is 0 Å². The average Bonchev–Trinajstić information content (AvgIpc) is 2.04. The first-order valence-electron chi connectivity index (χ1n) is 4.30. The van der Waals surface area contributed by atoms with Crippen molar-refractivity contribution in [2.24, 2.45) is 5.73 Å². The Bertz CT molecular complexity index is 288. The van der Waals surface area contributed by atoms with Gasteiger partial charge in [0.25, 0.3) is 0 Å². The third kappa shape index (κ3) is 2.78. The molecule has 0 amide bonds. The summed E-state index contributed by atoms with van der Waals surface area (Å²) in [6.45, 7) is 4.16. The van der Waals surface area contributed by atoms with Gasteiger partial charge >= 0.3 is 0 Å². The summed E-state index contributed by atoms with van der Waals surface area (Å²) in [4.78, 5) is 0. The molecule has 0 spiro atoms. The van der Waals surface area contributed by atoms with E-state index in [9.17, 15) is 0 Å². The molecule has 3 heteroatoms. The summed E-state index contributed by atoms with van der Waals surface area (Å²) in [6, 6.07) is 7.95. The van der Waals surface area contributed by atoms with Gasteiger partial charge < -0.3 is 11.1 Å². The average molecular weight is 177 g/mol. The molecule has 70 valence electrons. The first-order valence-corrected chi connectivity index (χ1v) is 4.30. The number of nitrogens with two attached hydrogens (primary N) is 1. The van der Waals surface area contributed by atoms with Crippen molar-refractivity contribution in [2.45, 2.75) is 19.9 Å². The van der Waals surface area contributed by atoms with Crippen molar-refractivity contribution in [1.29, 1.82) is 5.41 Å². The predicted octanol–water partition coefficient (Wildman–Crippen LogP) is 1.79. The summed E-state index contributed by atoms with van der Waals surface area (Å²) < 4.78 is 0. The maximum atomic E-state index is 7.20. The highest BCUT2D eigenvalue weighted by molar-refractivity contribution is 5.95. The highest BCUT2D eigenvalue weighted by atomic mass is 14.9. The fraction of sp³-hybridized carbons (Fsp3) is 0.300. The Kier molecular flexibility index (Phi) is 2.90. The third-order valence-electron chi connectivity index (χ3n) is 1.65. The van der Waals surface area contributed by atoms with Gasteiger partial charge in [-0.3, -0.25) is 5.41 Å². The van der Waals surface area contributed by atoms with Crippen molar-refractivity contribution in [1.82, 2.24) is 0 Å². The Morgan fingerprint density at radius 3 is 2.23 bits per heavy atom. The molecule has 1 rings (SSSR count). The molecule has 0 atom stereocenters. The molecule has 0 aliphatic carbocycles. The molecule has 1 aromatic carbocycles. The van der Waals surface area contributed by atoms with Crippen LogP contribution in [0.15, 0.2) is 24.3 Å². The molecule has 0 unspecified atom stereocenters. The van der Waals surface area contributed by atoms with Crippen LogP contribution in [0.2, 0.25) is 0 Å². The second kappa shape index (κ2) is 3.94. The number of nitrogens with one attached hydrogen (secondary N) is 2. The summed E-state index contributed by atoms with van der Waals surface area (Å²) >= 11 is 0. The van der Waals surface area contributed by atoms with Crippen molar-refractivity contribution in [3.8, 4) is 0 Å². The van der Waals surface area contributed by atoms with Gasteiger partial charge in [0, 0.05) is 17.3 Å². The zero-order valence-electron chi connectivity index (χ0n) is 7.96. The van der Waals surface area contributed by atoms with Crippen LogP contribution in [0, 0.1) is 5.41 Å². The van der Waals surface area contributed by atoms with Crippen LogP contribution >= 0.6 is 0 Å². The maximum absolute atomic E-state index is 7.20. The van der Waals surface area contributed by atoms with Gasteiger partial charge in [-0.25, -0.2) is 0 Å². The Balaban J connectivity index is 2.75. The van der Waals surface area contributed by atoms with Gasteiger partial charge in [-0.15, -0.1) is 0 Å². The lowest BCUT2D eigenvalue weighted by Gasteiger charge is -2.09.